The highest BCUT2D eigenvalue weighted by molar-refractivity contribution is 5.94. The lowest BCUT2D eigenvalue weighted by Gasteiger charge is -2.50. The predicted molar refractivity (Wildman–Crippen MR) is 121 cm³/mol. The number of carbonyl (C=O) groups is 1. The third-order valence-corrected chi connectivity index (χ3v) is 7.01. The summed E-state index contributed by atoms with van der Waals surface area (Å²) < 4.78 is 16.1. The van der Waals surface area contributed by atoms with E-state index in [0.717, 1.165) is 55.3 Å². The Labute approximate surface area is 187 Å². The molecule has 0 bridgehead atoms. The van der Waals surface area contributed by atoms with E-state index in [1.165, 1.54) is 6.07 Å². The van der Waals surface area contributed by atoms with Crippen molar-refractivity contribution in [2.24, 2.45) is 0 Å². The number of nitrogens with zero attached hydrogens (tertiary/aromatic N) is 5. The van der Waals surface area contributed by atoms with Crippen LogP contribution in [0.3, 0.4) is 0 Å². The molecule has 0 N–H and O–H groups in total. The summed E-state index contributed by atoms with van der Waals surface area (Å²) in [6.07, 6.45) is 5.19. The molecule has 1 amide bonds. The Bertz CT molecular complexity index is 1130. The van der Waals surface area contributed by atoms with Gasteiger partial charge >= 0.3 is 0 Å². The molecule has 0 saturated carbocycles. The molecular formula is C25H28FN5O. The van der Waals surface area contributed by atoms with Crippen molar-refractivity contribution in [1.82, 2.24) is 24.3 Å². The standard InChI is InChI=1S/C25H28FN5O/c1-3-30-13-14-31-22(19-5-4-6-21(26)15-19)17-28-24(31)25(30)9-11-29(12-10-25)23(32)20-8-7-18(2)27-16-20/h4-8,15-17H,3,9-14H2,1-2H3. The van der Waals surface area contributed by atoms with E-state index in [1.807, 2.05) is 36.2 Å². The van der Waals surface area contributed by atoms with Gasteiger partial charge in [0.1, 0.15) is 11.6 Å². The van der Waals surface area contributed by atoms with Gasteiger partial charge in [-0.15, -0.1) is 0 Å². The van der Waals surface area contributed by atoms with E-state index < -0.39 is 0 Å². The fourth-order valence-electron chi connectivity index (χ4n) is 5.29. The maximum atomic E-state index is 13.9. The minimum Gasteiger partial charge on any atom is -0.338 e. The maximum absolute atomic E-state index is 13.9. The van der Waals surface area contributed by atoms with Crippen molar-refractivity contribution < 1.29 is 9.18 Å². The fraction of sp³-hybridized carbons (Fsp3) is 0.400. The fourth-order valence-corrected chi connectivity index (χ4v) is 5.29. The number of amides is 1. The van der Waals surface area contributed by atoms with Crippen LogP contribution in [0.25, 0.3) is 11.3 Å². The summed E-state index contributed by atoms with van der Waals surface area (Å²) in [5, 5.41) is 0. The summed E-state index contributed by atoms with van der Waals surface area (Å²) in [6.45, 7) is 8.12. The average Bonchev–Trinajstić information content (AvgIpc) is 3.25. The Hall–Kier alpha value is -3.06. The topological polar surface area (TPSA) is 54.3 Å². The van der Waals surface area contributed by atoms with Crippen LogP contribution in [0.5, 0.6) is 0 Å². The number of hydrogen-bond acceptors (Lipinski definition) is 4. The third kappa shape index (κ3) is 3.41. The van der Waals surface area contributed by atoms with E-state index in [9.17, 15) is 9.18 Å². The zero-order chi connectivity index (χ0) is 22.3. The van der Waals surface area contributed by atoms with Crippen LogP contribution in [0.15, 0.2) is 48.8 Å². The molecule has 32 heavy (non-hydrogen) atoms. The molecule has 1 fully saturated rings. The van der Waals surface area contributed by atoms with Crippen LogP contribution in [0.1, 0.15) is 41.6 Å². The molecule has 1 aromatic carbocycles. The second kappa shape index (κ2) is 8.13. The summed E-state index contributed by atoms with van der Waals surface area (Å²) in [4.78, 5) is 26.6. The number of pyridine rings is 1. The zero-order valence-electron chi connectivity index (χ0n) is 18.6. The van der Waals surface area contributed by atoms with Gasteiger partial charge in [-0.3, -0.25) is 14.7 Å². The second-order valence-electron chi connectivity index (χ2n) is 8.72. The number of imidazole rings is 1. The van der Waals surface area contributed by atoms with Crippen LogP contribution in [-0.4, -0.2) is 56.4 Å². The number of fused-ring (bicyclic) bond motifs is 2. The van der Waals surface area contributed by atoms with Crippen LogP contribution >= 0.6 is 0 Å². The first kappa shape index (κ1) is 20.8. The van der Waals surface area contributed by atoms with Gasteiger partial charge in [0, 0.05) is 43.6 Å². The van der Waals surface area contributed by atoms with Crippen molar-refractivity contribution in [2.45, 2.75) is 38.8 Å². The minimum absolute atomic E-state index is 0.0370. The van der Waals surface area contributed by atoms with Gasteiger partial charge in [0.25, 0.3) is 5.91 Å². The van der Waals surface area contributed by atoms with Gasteiger partial charge in [-0.1, -0.05) is 19.1 Å². The van der Waals surface area contributed by atoms with Gasteiger partial charge in [-0.2, -0.15) is 0 Å². The third-order valence-electron chi connectivity index (χ3n) is 7.01. The summed E-state index contributed by atoms with van der Waals surface area (Å²) in [7, 11) is 0. The van der Waals surface area contributed by atoms with Crippen LogP contribution in [0.2, 0.25) is 0 Å². The summed E-state index contributed by atoms with van der Waals surface area (Å²) in [6, 6.07) is 10.4. The van der Waals surface area contributed by atoms with Crippen LogP contribution in [0, 0.1) is 12.7 Å². The van der Waals surface area contributed by atoms with Gasteiger partial charge in [0.2, 0.25) is 0 Å². The highest BCUT2D eigenvalue weighted by atomic mass is 19.1. The Balaban J connectivity index is 1.43. The number of halogens is 1. The van der Waals surface area contributed by atoms with E-state index in [0.29, 0.717) is 18.7 Å². The number of rotatable bonds is 3. The number of likely N-dealkylation sites (N-methyl/N-ethyl adjacent to an activating group) is 1. The van der Waals surface area contributed by atoms with Crippen molar-refractivity contribution in [3.63, 3.8) is 0 Å². The van der Waals surface area contributed by atoms with E-state index in [1.54, 1.807) is 18.3 Å². The lowest BCUT2D eigenvalue weighted by Crippen LogP contribution is -2.58. The Morgan fingerprint density at radius 1 is 1.06 bits per heavy atom. The van der Waals surface area contributed by atoms with Crippen molar-refractivity contribution in [3.05, 3.63) is 71.7 Å². The molecule has 2 aliphatic rings. The molecule has 1 saturated heterocycles. The first-order valence-corrected chi connectivity index (χ1v) is 11.3. The molecule has 0 radical (unpaired) electrons. The van der Waals surface area contributed by atoms with Gasteiger partial charge in [0.15, 0.2) is 0 Å². The molecule has 2 aliphatic heterocycles. The van der Waals surface area contributed by atoms with Gasteiger partial charge in [-0.05, 0) is 50.6 Å². The number of carbonyl (C=O) groups excluding carboxylic acids is 1. The van der Waals surface area contributed by atoms with E-state index in [2.05, 4.69) is 21.4 Å². The van der Waals surface area contributed by atoms with Crippen LogP contribution in [0.4, 0.5) is 4.39 Å². The Kier molecular flexibility index (Phi) is 5.29. The van der Waals surface area contributed by atoms with Crippen LogP contribution < -0.4 is 0 Å². The second-order valence-corrected chi connectivity index (χ2v) is 8.72. The van der Waals surface area contributed by atoms with E-state index >= 15 is 0 Å². The summed E-state index contributed by atoms with van der Waals surface area (Å²) >= 11 is 0. The number of likely N-dealkylation sites (tertiary alicyclic amines) is 1. The molecular weight excluding hydrogens is 405 g/mol. The molecule has 6 nitrogen and oxygen atoms in total. The Morgan fingerprint density at radius 2 is 1.88 bits per heavy atom. The minimum atomic E-state index is -0.240. The normalized spacial score (nSPS) is 18.0. The SMILES string of the molecule is CCN1CCn2c(-c3cccc(F)c3)cnc2C12CCN(C(=O)c1ccc(C)nc1)CC2. The molecule has 3 aromatic rings. The Morgan fingerprint density at radius 3 is 2.56 bits per heavy atom. The zero-order valence-corrected chi connectivity index (χ0v) is 18.6. The number of aromatic nitrogens is 3. The molecule has 166 valence electrons. The lowest BCUT2D eigenvalue weighted by atomic mass is 9.83. The smallest absolute Gasteiger partial charge is 0.255 e. The van der Waals surface area contributed by atoms with Gasteiger partial charge < -0.3 is 9.47 Å². The molecule has 0 aliphatic carbocycles. The maximum Gasteiger partial charge on any atom is 0.255 e. The van der Waals surface area contributed by atoms with Crippen LogP contribution in [-0.2, 0) is 12.1 Å². The number of benzene rings is 1. The number of piperidine rings is 1. The van der Waals surface area contributed by atoms with Gasteiger partial charge in [-0.25, -0.2) is 9.37 Å². The molecule has 0 unspecified atom stereocenters. The average molecular weight is 434 g/mol. The van der Waals surface area contributed by atoms with E-state index in [-0.39, 0.29) is 17.3 Å². The number of aryl methyl sites for hydroxylation is 1. The largest absolute Gasteiger partial charge is 0.338 e. The number of hydrogen-bond donors (Lipinski definition) is 0. The predicted octanol–water partition coefficient (Wildman–Crippen LogP) is 3.86. The van der Waals surface area contributed by atoms with Crippen molar-refractivity contribution >= 4 is 5.91 Å². The van der Waals surface area contributed by atoms with Crippen molar-refractivity contribution in [2.75, 3.05) is 26.2 Å². The highest BCUT2D eigenvalue weighted by Gasteiger charge is 2.47. The quantitative estimate of drug-likeness (QED) is 0.630. The molecule has 0 atom stereocenters. The monoisotopic (exact) mass is 433 g/mol. The first-order valence-electron chi connectivity index (χ1n) is 11.3. The molecule has 7 heteroatoms. The highest BCUT2D eigenvalue weighted by Crippen LogP contribution is 2.42. The summed E-state index contributed by atoms with van der Waals surface area (Å²) in [5.41, 5.74) is 3.14. The van der Waals surface area contributed by atoms with E-state index in [4.69, 9.17) is 4.98 Å². The van der Waals surface area contributed by atoms with Crippen molar-refractivity contribution in [1.29, 1.82) is 0 Å². The summed E-state index contributed by atoms with van der Waals surface area (Å²) in [5.74, 6) is 0.833. The molecule has 5 rings (SSSR count). The van der Waals surface area contributed by atoms with Gasteiger partial charge in [0.05, 0.1) is 23.0 Å². The first-order chi connectivity index (χ1) is 15.5. The lowest BCUT2D eigenvalue weighted by molar-refractivity contribution is -0.00314. The molecule has 4 heterocycles. The molecule has 1 spiro atoms. The molecule has 2 aromatic heterocycles. The van der Waals surface area contributed by atoms with Crippen molar-refractivity contribution in [3.8, 4) is 11.3 Å².